The van der Waals surface area contributed by atoms with Gasteiger partial charge in [0.15, 0.2) is 0 Å². The fraction of sp³-hybridized carbons (Fsp3) is 0.0909. The molecule has 3 heteroatoms. The fourth-order valence-corrected chi connectivity index (χ4v) is 1.45. The van der Waals surface area contributed by atoms with E-state index in [-0.39, 0.29) is 0 Å². The van der Waals surface area contributed by atoms with Gasteiger partial charge in [-0.05, 0) is 12.5 Å². The van der Waals surface area contributed by atoms with Crippen LogP contribution in [0.3, 0.4) is 0 Å². The topological polar surface area (TPSA) is 51.8 Å². The molecule has 0 radical (unpaired) electrons. The summed E-state index contributed by atoms with van der Waals surface area (Å²) in [5.41, 5.74) is 8.69. The van der Waals surface area contributed by atoms with E-state index in [0.717, 1.165) is 16.8 Å². The maximum atomic E-state index is 5.80. The van der Waals surface area contributed by atoms with Crippen LogP contribution in [0.5, 0.6) is 0 Å². The number of benzene rings is 1. The molecule has 1 aromatic carbocycles. The summed E-state index contributed by atoms with van der Waals surface area (Å²) in [6.07, 6.45) is 1.48. The molecule has 0 saturated carbocycles. The van der Waals surface area contributed by atoms with Gasteiger partial charge in [0.1, 0.15) is 12.1 Å². The molecule has 1 aromatic heterocycles. The van der Waals surface area contributed by atoms with Crippen molar-refractivity contribution in [2.45, 2.75) is 6.92 Å². The molecule has 2 aromatic rings. The van der Waals surface area contributed by atoms with Crippen LogP contribution in [-0.2, 0) is 0 Å². The molecule has 0 unspecified atom stereocenters. The van der Waals surface area contributed by atoms with E-state index in [1.807, 2.05) is 37.3 Å². The van der Waals surface area contributed by atoms with Gasteiger partial charge in [-0.1, -0.05) is 30.3 Å². The highest BCUT2D eigenvalue weighted by atomic mass is 14.9. The molecule has 0 amide bonds. The third-order valence-electron chi connectivity index (χ3n) is 2.13. The molecule has 2 N–H and O–H groups in total. The van der Waals surface area contributed by atoms with Gasteiger partial charge in [0.05, 0.1) is 5.69 Å². The smallest absolute Gasteiger partial charge is 0.134 e. The van der Waals surface area contributed by atoms with Crippen molar-refractivity contribution in [1.29, 1.82) is 0 Å². The number of aromatic nitrogens is 2. The van der Waals surface area contributed by atoms with E-state index in [2.05, 4.69) is 9.97 Å². The van der Waals surface area contributed by atoms with Crippen molar-refractivity contribution >= 4 is 5.82 Å². The van der Waals surface area contributed by atoms with Crippen LogP contribution in [0.1, 0.15) is 5.69 Å². The van der Waals surface area contributed by atoms with E-state index in [1.165, 1.54) is 6.33 Å². The minimum atomic E-state index is 0.531. The molecule has 0 saturated heterocycles. The number of rotatable bonds is 1. The Labute approximate surface area is 82.6 Å². The van der Waals surface area contributed by atoms with Crippen molar-refractivity contribution in [3.63, 3.8) is 0 Å². The molecule has 0 aliphatic rings. The molecular weight excluding hydrogens is 174 g/mol. The number of nitrogens with zero attached hydrogens (tertiary/aromatic N) is 2. The second-order valence-electron chi connectivity index (χ2n) is 3.09. The summed E-state index contributed by atoms with van der Waals surface area (Å²) in [4.78, 5) is 8.11. The van der Waals surface area contributed by atoms with E-state index in [4.69, 9.17) is 5.73 Å². The van der Waals surface area contributed by atoms with E-state index < -0.39 is 0 Å². The highest BCUT2D eigenvalue weighted by Gasteiger charge is 2.06. The molecule has 70 valence electrons. The van der Waals surface area contributed by atoms with Crippen molar-refractivity contribution in [3.8, 4) is 11.1 Å². The predicted octanol–water partition coefficient (Wildman–Crippen LogP) is 2.03. The first kappa shape index (κ1) is 8.69. The van der Waals surface area contributed by atoms with Crippen LogP contribution in [-0.4, -0.2) is 9.97 Å². The normalized spacial score (nSPS) is 10.1. The molecule has 0 fully saturated rings. The predicted molar refractivity (Wildman–Crippen MR) is 56.6 cm³/mol. The van der Waals surface area contributed by atoms with Gasteiger partial charge in [-0.15, -0.1) is 0 Å². The number of nitrogen functional groups attached to an aromatic ring is 1. The standard InChI is InChI=1S/C11H11N3/c1-8-10(11(12)14-7-13-8)9-5-3-2-4-6-9/h2-7H,1H3,(H2,12,13,14). The zero-order chi connectivity index (χ0) is 9.97. The van der Waals surface area contributed by atoms with E-state index in [9.17, 15) is 0 Å². The molecule has 1 heterocycles. The number of hydrogen-bond donors (Lipinski definition) is 1. The maximum absolute atomic E-state index is 5.80. The Kier molecular flexibility index (Phi) is 2.14. The van der Waals surface area contributed by atoms with Gasteiger partial charge in [0, 0.05) is 5.56 Å². The van der Waals surface area contributed by atoms with E-state index in [1.54, 1.807) is 0 Å². The van der Waals surface area contributed by atoms with Crippen molar-refractivity contribution in [1.82, 2.24) is 9.97 Å². The number of aryl methyl sites for hydroxylation is 1. The van der Waals surface area contributed by atoms with Gasteiger partial charge in [-0.3, -0.25) is 0 Å². The minimum Gasteiger partial charge on any atom is -0.383 e. The first-order chi connectivity index (χ1) is 6.79. The Morgan fingerprint density at radius 2 is 1.79 bits per heavy atom. The van der Waals surface area contributed by atoms with Crippen molar-refractivity contribution < 1.29 is 0 Å². The average Bonchev–Trinajstić information content (AvgIpc) is 2.19. The summed E-state index contributed by atoms with van der Waals surface area (Å²) in [7, 11) is 0. The molecule has 14 heavy (non-hydrogen) atoms. The van der Waals surface area contributed by atoms with Crippen LogP contribution < -0.4 is 5.73 Å². The van der Waals surface area contributed by atoms with Crippen molar-refractivity contribution in [3.05, 3.63) is 42.4 Å². The second kappa shape index (κ2) is 3.46. The largest absolute Gasteiger partial charge is 0.383 e. The van der Waals surface area contributed by atoms with Crippen LogP contribution in [0.2, 0.25) is 0 Å². The van der Waals surface area contributed by atoms with Gasteiger partial charge >= 0.3 is 0 Å². The van der Waals surface area contributed by atoms with Crippen molar-refractivity contribution in [2.75, 3.05) is 5.73 Å². The SMILES string of the molecule is Cc1ncnc(N)c1-c1ccccc1. The Balaban J connectivity index is 2.63. The second-order valence-corrected chi connectivity index (χ2v) is 3.09. The monoisotopic (exact) mass is 185 g/mol. The van der Waals surface area contributed by atoms with E-state index in [0.29, 0.717) is 5.82 Å². The first-order valence-electron chi connectivity index (χ1n) is 4.41. The Bertz CT molecular complexity index is 417. The van der Waals surface area contributed by atoms with Gasteiger partial charge in [0.25, 0.3) is 0 Å². The lowest BCUT2D eigenvalue weighted by Crippen LogP contribution is -1.98. The molecule has 0 spiro atoms. The first-order valence-corrected chi connectivity index (χ1v) is 4.41. The number of nitrogens with two attached hydrogens (primary N) is 1. The Morgan fingerprint density at radius 1 is 1.07 bits per heavy atom. The molecule has 0 bridgehead atoms. The summed E-state index contributed by atoms with van der Waals surface area (Å²) < 4.78 is 0. The average molecular weight is 185 g/mol. The summed E-state index contributed by atoms with van der Waals surface area (Å²) >= 11 is 0. The quantitative estimate of drug-likeness (QED) is 0.739. The zero-order valence-electron chi connectivity index (χ0n) is 7.94. The third-order valence-corrected chi connectivity index (χ3v) is 2.13. The lowest BCUT2D eigenvalue weighted by atomic mass is 10.1. The van der Waals surface area contributed by atoms with Gasteiger partial charge in [-0.2, -0.15) is 0 Å². The number of anilines is 1. The highest BCUT2D eigenvalue weighted by molar-refractivity contribution is 5.75. The molecule has 0 aliphatic carbocycles. The van der Waals surface area contributed by atoms with E-state index >= 15 is 0 Å². The minimum absolute atomic E-state index is 0.531. The lowest BCUT2D eigenvalue weighted by molar-refractivity contribution is 1.11. The summed E-state index contributed by atoms with van der Waals surface area (Å²) in [5.74, 6) is 0.531. The molecule has 3 nitrogen and oxygen atoms in total. The molecule has 0 atom stereocenters. The van der Waals surface area contributed by atoms with Crippen LogP contribution in [0.4, 0.5) is 5.82 Å². The van der Waals surface area contributed by atoms with Gasteiger partial charge < -0.3 is 5.73 Å². The summed E-state index contributed by atoms with van der Waals surface area (Å²) in [5, 5.41) is 0. The highest BCUT2D eigenvalue weighted by Crippen LogP contribution is 2.25. The molecular formula is C11H11N3. The van der Waals surface area contributed by atoms with Gasteiger partial charge in [-0.25, -0.2) is 9.97 Å². The summed E-state index contributed by atoms with van der Waals surface area (Å²) in [6.45, 7) is 1.93. The molecule has 2 rings (SSSR count). The number of hydrogen-bond acceptors (Lipinski definition) is 3. The van der Waals surface area contributed by atoms with Gasteiger partial charge in [0.2, 0.25) is 0 Å². The Hall–Kier alpha value is -1.90. The third kappa shape index (κ3) is 1.44. The van der Waals surface area contributed by atoms with Crippen LogP contribution in [0, 0.1) is 6.92 Å². The zero-order valence-corrected chi connectivity index (χ0v) is 7.94. The summed E-state index contributed by atoms with van der Waals surface area (Å²) in [6, 6.07) is 9.92. The lowest BCUT2D eigenvalue weighted by Gasteiger charge is -2.06. The molecule has 0 aliphatic heterocycles. The Morgan fingerprint density at radius 3 is 2.43 bits per heavy atom. The van der Waals surface area contributed by atoms with Crippen LogP contribution in [0.25, 0.3) is 11.1 Å². The fourth-order valence-electron chi connectivity index (χ4n) is 1.45. The van der Waals surface area contributed by atoms with Crippen LogP contribution >= 0.6 is 0 Å². The van der Waals surface area contributed by atoms with Crippen molar-refractivity contribution in [2.24, 2.45) is 0 Å². The maximum Gasteiger partial charge on any atom is 0.134 e. The van der Waals surface area contributed by atoms with Crippen LogP contribution in [0.15, 0.2) is 36.7 Å².